The van der Waals surface area contributed by atoms with Gasteiger partial charge in [-0.15, -0.1) is 11.3 Å². The molecule has 0 atom stereocenters. The van der Waals surface area contributed by atoms with Gasteiger partial charge in [0.1, 0.15) is 12.4 Å². The quantitative estimate of drug-likeness (QED) is 0.751. The molecule has 4 heteroatoms. The van der Waals surface area contributed by atoms with Gasteiger partial charge in [-0.1, -0.05) is 6.07 Å². The lowest BCUT2D eigenvalue weighted by Crippen LogP contribution is -2.14. The molecule has 0 unspecified atom stereocenters. The smallest absolute Gasteiger partial charge is 0.129 e. The minimum Gasteiger partial charge on any atom is -0.467 e. The Morgan fingerprint density at radius 2 is 2.37 bits per heavy atom. The van der Waals surface area contributed by atoms with Crippen LogP contribution in [0.2, 0.25) is 0 Å². The molecule has 2 heterocycles. The lowest BCUT2D eigenvalue weighted by Gasteiger charge is -2.00. The highest BCUT2D eigenvalue weighted by molar-refractivity contribution is 7.09. The molecule has 3 nitrogen and oxygen atoms in total. The van der Waals surface area contributed by atoms with Crippen molar-refractivity contribution >= 4 is 11.3 Å². The van der Waals surface area contributed by atoms with Gasteiger partial charge in [0.2, 0.25) is 0 Å². The molecule has 0 aromatic carbocycles. The monoisotopic (exact) mass is 277 g/mol. The summed E-state index contributed by atoms with van der Waals surface area (Å²) < 4.78 is 11.1. The van der Waals surface area contributed by atoms with Crippen molar-refractivity contribution in [3.63, 3.8) is 0 Å². The first-order valence-electron chi connectivity index (χ1n) is 6.80. The molecule has 19 heavy (non-hydrogen) atoms. The van der Waals surface area contributed by atoms with E-state index in [1.165, 1.54) is 23.3 Å². The van der Waals surface area contributed by atoms with Crippen LogP contribution in [-0.2, 0) is 24.3 Å². The molecule has 1 fully saturated rings. The fourth-order valence-corrected chi connectivity index (χ4v) is 2.63. The summed E-state index contributed by atoms with van der Waals surface area (Å²) in [7, 11) is 0. The Morgan fingerprint density at radius 1 is 1.42 bits per heavy atom. The third-order valence-corrected chi connectivity index (χ3v) is 4.13. The standard InChI is InChI=1S/C15H19NO2S/c1-2-15(19-7-1)5-6-17-11-14-8-12(10-18-14)9-16-13-3-4-13/h1-2,7-8,10,13,16H,3-6,9,11H2. The van der Waals surface area contributed by atoms with Gasteiger partial charge in [-0.25, -0.2) is 0 Å². The maximum atomic E-state index is 5.64. The number of nitrogens with one attached hydrogen (secondary N) is 1. The van der Waals surface area contributed by atoms with Gasteiger partial charge in [-0.3, -0.25) is 0 Å². The number of thiophene rings is 1. The molecule has 102 valence electrons. The molecule has 2 aromatic rings. The van der Waals surface area contributed by atoms with Crippen LogP contribution < -0.4 is 5.32 Å². The SMILES string of the molecule is c1csc(CCOCc2cc(CNC3CC3)co2)c1. The van der Waals surface area contributed by atoms with E-state index in [4.69, 9.17) is 9.15 Å². The average Bonchev–Trinajstić information content (AvgIpc) is 2.91. The Labute approximate surface area is 117 Å². The number of hydrogen-bond donors (Lipinski definition) is 1. The zero-order valence-corrected chi connectivity index (χ0v) is 11.7. The van der Waals surface area contributed by atoms with Crippen molar-refractivity contribution in [3.8, 4) is 0 Å². The maximum absolute atomic E-state index is 5.64. The second-order valence-electron chi connectivity index (χ2n) is 4.96. The van der Waals surface area contributed by atoms with Gasteiger partial charge in [-0.05, 0) is 30.4 Å². The molecule has 3 rings (SSSR count). The zero-order chi connectivity index (χ0) is 12.9. The summed E-state index contributed by atoms with van der Waals surface area (Å²) in [6, 6.07) is 7.04. The molecule has 1 aliphatic carbocycles. The number of hydrogen-bond acceptors (Lipinski definition) is 4. The van der Waals surface area contributed by atoms with E-state index in [1.807, 2.05) is 6.26 Å². The minimum absolute atomic E-state index is 0.564. The van der Waals surface area contributed by atoms with Crippen LogP contribution in [0.3, 0.4) is 0 Å². The summed E-state index contributed by atoms with van der Waals surface area (Å²) in [6.07, 6.45) is 5.44. The normalized spacial score (nSPS) is 14.9. The highest BCUT2D eigenvalue weighted by atomic mass is 32.1. The fourth-order valence-electron chi connectivity index (χ4n) is 1.94. The van der Waals surface area contributed by atoms with Crippen molar-refractivity contribution in [2.45, 2.75) is 38.5 Å². The number of furan rings is 1. The van der Waals surface area contributed by atoms with Crippen LogP contribution in [0, 0.1) is 0 Å². The summed E-state index contributed by atoms with van der Waals surface area (Å²) in [5, 5.41) is 5.57. The van der Waals surface area contributed by atoms with E-state index in [0.29, 0.717) is 6.61 Å². The van der Waals surface area contributed by atoms with E-state index in [0.717, 1.165) is 31.4 Å². The number of ether oxygens (including phenoxy) is 1. The van der Waals surface area contributed by atoms with Crippen molar-refractivity contribution < 1.29 is 9.15 Å². The first kappa shape index (κ1) is 12.9. The summed E-state index contributed by atoms with van der Waals surface area (Å²) in [5.41, 5.74) is 1.21. The average molecular weight is 277 g/mol. The Kier molecular flexibility index (Phi) is 4.33. The van der Waals surface area contributed by atoms with Crippen LogP contribution in [0.15, 0.2) is 34.3 Å². The maximum Gasteiger partial charge on any atom is 0.129 e. The zero-order valence-electron chi connectivity index (χ0n) is 10.9. The van der Waals surface area contributed by atoms with Crippen LogP contribution in [0.1, 0.15) is 29.0 Å². The van der Waals surface area contributed by atoms with E-state index in [-0.39, 0.29) is 0 Å². The van der Waals surface area contributed by atoms with Crippen molar-refractivity contribution in [2.24, 2.45) is 0 Å². The van der Waals surface area contributed by atoms with Crippen LogP contribution in [0.5, 0.6) is 0 Å². The second kappa shape index (κ2) is 6.37. The van der Waals surface area contributed by atoms with Gasteiger partial charge in [0.15, 0.2) is 0 Å². The molecule has 0 radical (unpaired) electrons. The molecule has 0 aliphatic heterocycles. The summed E-state index contributed by atoms with van der Waals surface area (Å²) in [6.45, 7) is 2.22. The van der Waals surface area contributed by atoms with Gasteiger partial charge in [0, 0.05) is 29.4 Å². The molecule has 1 N–H and O–H groups in total. The summed E-state index contributed by atoms with van der Waals surface area (Å²) >= 11 is 1.78. The lowest BCUT2D eigenvalue weighted by molar-refractivity contribution is 0.109. The molecule has 1 saturated carbocycles. The van der Waals surface area contributed by atoms with Crippen LogP contribution in [-0.4, -0.2) is 12.6 Å². The highest BCUT2D eigenvalue weighted by Crippen LogP contribution is 2.19. The molecule has 0 saturated heterocycles. The molecular formula is C15H19NO2S. The van der Waals surface area contributed by atoms with E-state index < -0.39 is 0 Å². The Bertz CT molecular complexity index is 488. The summed E-state index contributed by atoms with van der Waals surface area (Å²) in [4.78, 5) is 1.37. The summed E-state index contributed by atoms with van der Waals surface area (Å²) in [5.74, 6) is 0.916. The van der Waals surface area contributed by atoms with Crippen molar-refractivity contribution in [1.29, 1.82) is 0 Å². The molecule has 0 amide bonds. The van der Waals surface area contributed by atoms with Gasteiger partial charge in [-0.2, -0.15) is 0 Å². The van der Waals surface area contributed by atoms with Crippen molar-refractivity contribution in [1.82, 2.24) is 5.32 Å². The molecular weight excluding hydrogens is 258 g/mol. The van der Waals surface area contributed by atoms with E-state index in [1.54, 1.807) is 11.3 Å². The minimum atomic E-state index is 0.564. The highest BCUT2D eigenvalue weighted by Gasteiger charge is 2.20. The third-order valence-electron chi connectivity index (χ3n) is 3.20. The number of rotatable bonds is 8. The van der Waals surface area contributed by atoms with Crippen LogP contribution in [0.25, 0.3) is 0 Å². The Hall–Kier alpha value is -1.10. The lowest BCUT2D eigenvalue weighted by atomic mass is 10.3. The predicted octanol–water partition coefficient (Wildman–Crippen LogP) is 3.35. The topological polar surface area (TPSA) is 34.4 Å². The second-order valence-corrected chi connectivity index (χ2v) is 5.99. The Balaban J connectivity index is 1.35. The first-order chi connectivity index (χ1) is 9.40. The first-order valence-corrected chi connectivity index (χ1v) is 7.68. The van der Waals surface area contributed by atoms with Gasteiger partial charge in [0.25, 0.3) is 0 Å². The molecule has 0 spiro atoms. The van der Waals surface area contributed by atoms with E-state index in [2.05, 4.69) is 28.9 Å². The molecule has 0 bridgehead atoms. The predicted molar refractivity (Wildman–Crippen MR) is 76.2 cm³/mol. The van der Waals surface area contributed by atoms with Gasteiger partial charge >= 0.3 is 0 Å². The van der Waals surface area contributed by atoms with Crippen molar-refractivity contribution in [2.75, 3.05) is 6.61 Å². The van der Waals surface area contributed by atoms with E-state index >= 15 is 0 Å². The largest absolute Gasteiger partial charge is 0.467 e. The third kappa shape index (κ3) is 4.20. The van der Waals surface area contributed by atoms with Crippen LogP contribution >= 0.6 is 11.3 Å². The molecule has 1 aliphatic rings. The van der Waals surface area contributed by atoms with Gasteiger partial charge in [0.05, 0.1) is 12.9 Å². The van der Waals surface area contributed by atoms with Crippen LogP contribution in [0.4, 0.5) is 0 Å². The Morgan fingerprint density at radius 3 is 3.16 bits per heavy atom. The van der Waals surface area contributed by atoms with Gasteiger partial charge < -0.3 is 14.5 Å². The van der Waals surface area contributed by atoms with Crippen molar-refractivity contribution in [3.05, 3.63) is 46.0 Å². The van der Waals surface area contributed by atoms with E-state index in [9.17, 15) is 0 Å². The fraction of sp³-hybridized carbons (Fsp3) is 0.467. The molecule has 2 aromatic heterocycles.